The highest BCUT2D eigenvalue weighted by atomic mass is 16.2. The molecule has 1 aliphatic heterocycles. The Hall–Kier alpha value is -3.56. The van der Waals surface area contributed by atoms with E-state index in [1.165, 1.54) is 10.1 Å². The van der Waals surface area contributed by atoms with E-state index in [1.54, 1.807) is 4.57 Å². The number of aryl methyl sites for hydroxylation is 1. The third-order valence-corrected chi connectivity index (χ3v) is 7.12. The number of nitrogen functional groups attached to an aromatic ring is 1. The fraction of sp³-hybridized carbons (Fsp3) is 0.448. The minimum atomic E-state index is -0.266. The van der Waals surface area contributed by atoms with Gasteiger partial charge in [0.15, 0.2) is 5.69 Å². The summed E-state index contributed by atoms with van der Waals surface area (Å²) in [6.45, 7) is 7.00. The van der Waals surface area contributed by atoms with Crippen LogP contribution >= 0.6 is 0 Å². The number of para-hydroxylation sites is 1. The maximum atomic E-state index is 14.0. The first-order valence-corrected chi connectivity index (χ1v) is 13.6. The predicted molar refractivity (Wildman–Crippen MR) is 156 cm³/mol. The topological polar surface area (TPSA) is 91.8 Å². The SMILES string of the molecule is CCNN1c2c(n(CCc3ccccc3N)c(=O)n(CCCN(C)C)c2=O)N(CC)C1Cc1ccccc1. The number of hydrazine groups is 1. The summed E-state index contributed by atoms with van der Waals surface area (Å²) in [7, 11) is 3.99. The second-order valence-corrected chi connectivity index (χ2v) is 10.0. The molecule has 3 aromatic rings. The van der Waals surface area contributed by atoms with Crippen LogP contribution in [0.15, 0.2) is 64.2 Å². The molecule has 2 heterocycles. The number of nitrogens with zero attached hydrogens (tertiary/aromatic N) is 5. The van der Waals surface area contributed by atoms with Crippen LogP contribution in [-0.4, -0.2) is 53.9 Å². The van der Waals surface area contributed by atoms with Gasteiger partial charge in [-0.25, -0.2) is 10.2 Å². The van der Waals surface area contributed by atoms with E-state index in [9.17, 15) is 9.59 Å². The summed E-state index contributed by atoms with van der Waals surface area (Å²) in [6, 6.07) is 18.0. The van der Waals surface area contributed by atoms with Gasteiger partial charge in [0.25, 0.3) is 5.56 Å². The number of nitrogens with two attached hydrogens (primary N) is 1. The Labute approximate surface area is 225 Å². The second-order valence-electron chi connectivity index (χ2n) is 10.0. The van der Waals surface area contributed by atoms with Gasteiger partial charge < -0.3 is 15.5 Å². The van der Waals surface area contributed by atoms with Gasteiger partial charge in [0.1, 0.15) is 12.0 Å². The lowest BCUT2D eigenvalue weighted by Crippen LogP contribution is -2.52. The van der Waals surface area contributed by atoms with Crippen molar-refractivity contribution in [1.82, 2.24) is 19.5 Å². The fourth-order valence-corrected chi connectivity index (χ4v) is 5.29. The van der Waals surface area contributed by atoms with E-state index in [4.69, 9.17) is 5.73 Å². The molecule has 1 atom stereocenters. The molecule has 2 aromatic carbocycles. The fourth-order valence-electron chi connectivity index (χ4n) is 5.29. The zero-order chi connectivity index (χ0) is 27.2. The maximum absolute atomic E-state index is 14.0. The summed E-state index contributed by atoms with van der Waals surface area (Å²) in [5.41, 5.74) is 12.6. The van der Waals surface area contributed by atoms with E-state index in [0.717, 1.165) is 12.1 Å². The molecule has 1 aliphatic rings. The maximum Gasteiger partial charge on any atom is 0.332 e. The molecular formula is C29H41N7O2. The summed E-state index contributed by atoms with van der Waals surface area (Å²) in [6.07, 6.45) is 1.86. The van der Waals surface area contributed by atoms with Crippen molar-refractivity contribution in [2.75, 3.05) is 49.4 Å². The summed E-state index contributed by atoms with van der Waals surface area (Å²) in [5.74, 6) is 0.683. The van der Waals surface area contributed by atoms with Gasteiger partial charge in [-0.3, -0.25) is 18.9 Å². The van der Waals surface area contributed by atoms with Gasteiger partial charge >= 0.3 is 5.69 Å². The largest absolute Gasteiger partial charge is 0.399 e. The Morgan fingerprint density at radius 3 is 2.32 bits per heavy atom. The minimum absolute atomic E-state index is 0.143. The number of hydrogen-bond donors (Lipinski definition) is 2. The Morgan fingerprint density at radius 2 is 1.66 bits per heavy atom. The molecular weight excluding hydrogens is 478 g/mol. The van der Waals surface area contributed by atoms with E-state index in [2.05, 4.69) is 34.3 Å². The van der Waals surface area contributed by atoms with Crippen LogP contribution in [0.1, 0.15) is 31.4 Å². The van der Waals surface area contributed by atoms with Gasteiger partial charge in [-0.1, -0.05) is 55.5 Å². The molecule has 0 saturated carbocycles. The van der Waals surface area contributed by atoms with E-state index in [1.807, 2.05) is 68.5 Å². The Kier molecular flexibility index (Phi) is 8.91. The third-order valence-electron chi connectivity index (χ3n) is 7.12. The normalized spacial score (nSPS) is 14.9. The van der Waals surface area contributed by atoms with Crippen molar-refractivity contribution >= 4 is 17.2 Å². The Balaban J connectivity index is 1.84. The van der Waals surface area contributed by atoms with Gasteiger partial charge in [-0.05, 0) is 57.6 Å². The van der Waals surface area contributed by atoms with E-state index >= 15 is 0 Å². The van der Waals surface area contributed by atoms with Crippen LogP contribution < -0.4 is 32.3 Å². The smallest absolute Gasteiger partial charge is 0.332 e. The lowest BCUT2D eigenvalue weighted by atomic mass is 10.1. The first kappa shape index (κ1) is 27.5. The molecule has 9 nitrogen and oxygen atoms in total. The van der Waals surface area contributed by atoms with Crippen LogP contribution in [0, 0.1) is 0 Å². The molecule has 38 heavy (non-hydrogen) atoms. The van der Waals surface area contributed by atoms with Crippen LogP contribution in [-0.2, 0) is 25.9 Å². The number of aromatic nitrogens is 2. The van der Waals surface area contributed by atoms with Crippen LogP contribution in [0.3, 0.4) is 0 Å². The van der Waals surface area contributed by atoms with Crippen molar-refractivity contribution in [3.05, 3.63) is 86.6 Å². The van der Waals surface area contributed by atoms with Gasteiger partial charge in [-0.15, -0.1) is 0 Å². The summed E-state index contributed by atoms with van der Waals surface area (Å²) in [4.78, 5) is 32.2. The number of hydrogen-bond acceptors (Lipinski definition) is 7. The monoisotopic (exact) mass is 519 g/mol. The highest BCUT2D eigenvalue weighted by Gasteiger charge is 2.41. The van der Waals surface area contributed by atoms with Crippen molar-refractivity contribution in [1.29, 1.82) is 0 Å². The highest BCUT2D eigenvalue weighted by molar-refractivity contribution is 5.73. The zero-order valence-corrected chi connectivity index (χ0v) is 23.1. The summed E-state index contributed by atoms with van der Waals surface area (Å²) < 4.78 is 3.21. The molecule has 204 valence electrons. The van der Waals surface area contributed by atoms with E-state index in [0.29, 0.717) is 62.6 Å². The van der Waals surface area contributed by atoms with Crippen LogP contribution in [0.4, 0.5) is 17.2 Å². The predicted octanol–water partition coefficient (Wildman–Crippen LogP) is 2.53. The molecule has 1 unspecified atom stereocenters. The number of fused-ring (bicyclic) bond motifs is 1. The highest BCUT2D eigenvalue weighted by Crippen LogP contribution is 2.36. The Morgan fingerprint density at radius 1 is 0.947 bits per heavy atom. The molecule has 0 fully saturated rings. The molecule has 0 radical (unpaired) electrons. The Bertz CT molecular complexity index is 1330. The minimum Gasteiger partial charge on any atom is -0.399 e. The molecule has 3 N–H and O–H groups in total. The summed E-state index contributed by atoms with van der Waals surface area (Å²) >= 11 is 0. The van der Waals surface area contributed by atoms with E-state index in [-0.39, 0.29) is 17.4 Å². The van der Waals surface area contributed by atoms with Crippen molar-refractivity contribution < 1.29 is 0 Å². The number of benzene rings is 2. The molecule has 9 heteroatoms. The molecule has 1 aromatic heterocycles. The average molecular weight is 520 g/mol. The van der Waals surface area contributed by atoms with Gasteiger partial charge in [-0.2, -0.15) is 0 Å². The average Bonchev–Trinajstić information content (AvgIpc) is 3.20. The molecule has 0 saturated heterocycles. The van der Waals surface area contributed by atoms with E-state index < -0.39 is 0 Å². The van der Waals surface area contributed by atoms with Crippen LogP contribution in [0.5, 0.6) is 0 Å². The lowest BCUT2D eigenvalue weighted by Gasteiger charge is -2.32. The number of rotatable bonds is 12. The molecule has 0 amide bonds. The molecule has 0 bridgehead atoms. The van der Waals surface area contributed by atoms with Gasteiger partial charge in [0.2, 0.25) is 0 Å². The lowest BCUT2D eigenvalue weighted by molar-refractivity contribution is 0.380. The number of likely N-dealkylation sites (N-methyl/N-ethyl adjacent to an activating group) is 1. The zero-order valence-electron chi connectivity index (χ0n) is 23.1. The quantitative estimate of drug-likeness (QED) is 0.355. The van der Waals surface area contributed by atoms with Crippen molar-refractivity contribution in [3.63, 3.8) is 0 Å². The van der Waals surface area contributed by atoms with Gasteiger partial charge in [0.05, 0.1) is 0 Å². The van der Waals surface area contributed by atoms with Crippen LogP contribution in [0.25, 0.3) is 0 Å². The standard InChI is InChI=1S/C29H41N7O2/c1-5-31-36-25(21-22-13-8-7-9-14-22)33(6-2)27-26(36)28(37)35(19-12-18-32(3)4)29(38)34(27)20-17-23-15-10-11-16-24(23)30/h7-11,13-16,25,31H,5-6,12,17-21,30H2,1-4H3. The first-order valence-electron chi connectivity index (χ1n) is 13.6. The molecule has 4 rings (SSSR count). The number of anilines is 3. The van der Waals surface area contributed by atoms with Crippen LogP contribution in [0.2, 0.25) is 0 Å². The number of nitrogens with one attached hydrogen (secondary N) is 1. The second kappa shape index (κ2) is 12.3. The summed E-state index contributed by atoms with van der Waals surface area (Å²) in [5, 5.41) is 1.99. The third kappa shape index (κ3) is 5.63. The van der Waals surface area contributed by atoms with Gasteiger partial charge in [0, 0.05) is 38.3 Å². The molecule has 0 spiro atoms. The molecule has 0 aliphatic carbocycles. The van der Waals surface area contributed by atoms with Crippen molar-refractivity contribution in [2.45, 2.75) is 52.4 Å². The first-order chi connectivity index (χ1) is 18.4. The van der Waals surface area contributed by atoms with Crippen molar-refractivity contribution in [2.24, 2.45) is 0 Å². The van der Waals surface area contributed by atoms with Crippen molar-refractivity contribution in [3.8, 4) is 0 Å².